The highest BCUT2D eigenvalue weighted by Gasteiger charge is 2.30. The summed E-state index contributed by atoms with van der Waals surface area (Å²) in [4.78, 5) is 23.8. The minimum atomic E-state index is -4.57. The topological polar surface area (TPSA) is 89.0 Å². The Bertz CT molecular complexity index is 1180. The van der Waals surface area contributed by atoms with E-state index in [1.807, 2.05) is 35.8 Å². The first-order chi connectivity index (χ1) is 16.3. The van der Waals surface area contributed by atoms with Crippen LogP contribution in [0.2, 0.25) is 0 Å². The van der Waals surface area contributed by atoms with Crippen molar-refractivity contribution in [1.29, 1.82) is 0 Å². The van der Waals surface area contributed by atoms with Gasteiger partial charge in [-0.1, -0.05) is 36.4 Å². The Hall–Kier alpha value is -4.34. The van der Waals surface area contributed by atoms with Crippen LogP contribution in [0.5, 0.6) is 11.5 Å². The minimum Gasteiger partial charge on any atom is -0.493 e. The summed E-state index contributed by atoms with van der Waals surface area (Å²) in [5, 5.41) is 5.79. The molecule has 0 aliphatic carbocycles. The molecule has 3 aromatic carbocycles. The van der Waals surface area contributed by atoms with Gasteiger partial charge in [0.05, 0.1) is 18.9 Å². The Labute approximate surface area is 193 Å². The van der Waals surface area contributed by atoms with E-state index in [9.17, 15) is 22.8 Å². The first-order valence-corrected chi connectivity index (χ1v) is 9.92. The number of carbonyl (C=O) groups is 2. The zero-order valence-electron chi connectivity index (χ0n) is 17.9. The first-order valence-electron chi connectivity index (χ1n) is 9.92. The fraction of sp³-hybridized carbons (Fsp3) is 0.125. The second-order valence-corrected chi connectivity index (χ2v) is 6.92. The predicted octanol–water partition coefficient (Wildman–Crippen LogP) is 4.38. The van der Waals surface area contributed by atoms with Crippen molar-refractivity contribution >= 4 is 23.7 Å². The molecule has 2 amide bonds. The van der Waals surface area contributed by atoms with Gasteiger partial charge >= 0.3 is 18.0 Å². The standard InChI is InChI=1S/C24H20F3N3O4/c1-33-21-12-17(10-11-20(21)34-15-16-6-3-2-4-7-16)14-28-30-23(32)22(31)29-19-9-5-8-18(13-19)24(25,26)27/h2-14H,15H2,1H3,(H,29,31)(H,30,32)/b28-14-. The lowest BCUT2D eigenvalue weighted by molar-refractivity contribution is -0.137. The second kappa shape index (κ2) is 11.0. The van der Waals surface area contributed by atoms with Crippen LogP contribution in [-0.4, -0.2) is 25.1 Å². The summed E-state index contributed by atoms with van der Waals surface area (Å²) in [5.74, 6) is -1.37. The molecule has 0 atom stereocenters. The molecule has 7 nitrogen and oxygen atoms in total. The van der Waals surface area contributed by atoms with E-state index < -0.39 is 23.6 Å². The van der Waals surface area contributed by atoms with Crippen LogP contribution in [0.25, 0.3) is 0 Å². The molecule has 0 bridgehead atoms. The quantitative estimate of drug-likeness (QED) is 0.304. The van der Waals surface area contributed by atoms with Crippen molar-refractivity contribution < 1.29 is 32.2 Å². The molecule has 10 heteroatoms. The van der Waals surface area contributed by atoms with E-state index in [1.165, 1.54) is 19.4 Å². The third-order valence-electron chi connectivity index (χ3n) is 4.46. The van der Waals surface area contributed by atoms with Crippen LogP contribution >= 0.6 is 0 Å². The van der Waals surface area contributed by atoms with E-state index in [4.69, 9.17) is 9.47 Å². The van der Waals surface area contributed by atoms with E-state index in [0.717, 1.165) is 23.8 Å². The summed E-state index contributed by atoms with van der Waals surface area (Å²) in [7, 11) is 1.48. The lowest BCUT2D eigenvalue weighted by Crippen LogP contribution is -2.32. The Morgan fingerprint density at radius 1 is 0.941 bits per heavy atom. The van der Waals surface area contributed by atoms with Gasteiger partial charge in [0, 0.05) is 5.69 Å². The van der Waals surface area contributed by atoms with Gasteiger partial charge in [0.15, 0.2) is 11.5 Å². The number of rotatable bonds is 7. The Morgan fingerprint density at radius 3 is 2.41 bits per heavy atom. The summed E-state index contributed by atoms with van der Waals surface area (Å²) in [6.45, 7) is 0.349. The van der Waals surface area contributed by atoms with Gasteiger partial charge < -0.3 is 14.8 Å². The van der Waals surface area contributed by atoms with Crippen molar-refractivity contribution in [3.63, 3.8) is 0 Å². The third kappa shape index (κ3) is 6.83. The number of hydrogen-bond acceptors (Lipinski definition) is 5. The van der Waals surface area contributed by atoms with E-state index >= 15 is 0 Å². The second-order valence-electron chi connectivity index (χ2n) is 6.92. The molecule has 0 fully saturated rings. The number of ether oxygens (including phenoxy) is 2. The molecule has 0 unspecified atom stereocenters. The van der Waals surface area contributed by atoms with Gasteiger partial charge in [0.25, 0.3) is 0 Å². The Morgan fingerprint density at radius 2 is 1.71 bits per heavy atom. The monoisotopic (exact) mass is 471 g/mol. The van der Waals surface area contributed by atoms with E-state index in [-0.39, 0.29) is 5.69 Å². The summed E-state index contributed by atoms with van der Waals surface area (Å²) >= 11 is 0. The van der Waals surface area contributed by atoms with Crippen molar-refractivity contribution in [3.8, 4) is 11.5 Å². The zero-order chi connectivity index (χ0) is 24.6. The summed E-state index contributed by atoms with van der Waals surface area (Å²) in [6.07, 6.45) is -3.30. The highest BCUT2D eigenvalue weighted by atomic mass is 19.4. The third-order valence-corrected chi connectivity index (χ3v) is 4.46. The fourth-order valence-corrected chi connectivity index (χ4v) is 2.80. The molecule has 0 radical (unpaired) electrons. The first kappa shape index (κ1) is 24.3. The summed E-state index contributed by atoms with van der Waals surface area (Å²) < 4.78 is 49.4. The number of hydrogen-bond donors (Lipinski definition) is 2. The Balaban J connectivity index is 1.56. The molecule has 0 heterocycles. The molecule has 0 aliphatic rings. The molecule has 2 N–H and O–H groups in total. The van der Waals surface area contributed by atoms with Crippen molar-refractivity contribution in [2.45, 2.75) is 12.8 Å². The van der Waals surface area contributed by atoms with Crippen molar-refractivity contribution in [3.05, 3.63) is 89.5 Å². The summed E-state index contributed by atoms with van der Waals surface area (Å²) in [5.41, 5.74) is 2.43. The number of methoxy groups -OCH3 is 1. The smallest absolute Gasteiger partial charge is 0.416 e. The van der Waals surface area contributed by atoms with E-state index in [0.29, 0.717) is 23.7 Å². The molecule has 0 saturated heterocycles. The van der Waals surface area contributed by atoms with Crippen LogP contribution in [0.15, 0.2) is 77.9 Å². The van der Waals surface area contributed by atoms with Crippen LogP contribution in [0.1, 0.15) is 16.7 Å². The molecule has 0 aliphatic heterocycles. The average Bonchev–Trinajstić information content (AvgIpc) is 2.83. The molecule has 0 aromatic heterocycles. The summed E-state index contributed by atoms with van der Waals surface area (Å²) in [6, 6.07) is 18.5. The maximum Gasteiger partial charge on any atom is 0.416 e. The van der Waals surface area contributed by atoms with Crippen molar-refractivity contribution in [2.24, 2.45) is 5.10 Å². The molecule has 3 aromatic rings. The molecule has 176 valence electrons. The number of amides is 2. The van der Waals surface area contributed by atoms with Gasteiger partial charge in [-0.15, -0.1) is 0 Å². The number of benzene rings is 3. The minimum absolute atomic E-state index is 0.171. The van der Waals surface area contributed by atoms with E-state index in [2.05, 4.69) is 10.4 Å². The van der Waals surface area contributed by atoms with Gasteiger partial charge in [-0.3, -0.25) is 9.59 Å². The number of halogens is 3. The maximum absolute atomic E-state index is 12.8. The number of anilines is 1. The molecule has 0 saturated carbocycles. The lowest BCUT2D eigenvalue weighted by Gasteiger charge is -2.11. The molecule has 3 rings (SSSR count). The van der Waals surface area contributed by atoms with Crippen LogP contribution in [0.4, 0.5) is 18.9 Å². The van der Waals surface area contributed by atoms with Crippen molar-refractivity contribution in [1.82, 2.24) is 5.43 Å². The molecule has 34 heavy (non-hydrogen) atoms. The number of alkyl halides is 3. The number of carbonyl (C=O) groups excluding carboxylic acids is 2. The largest absolute Gasteiger partial charge is 0.493 e. The van der Waals surface area contributed by atoms with Gasteiger partial charge in [0.1, 0.15) is 6.61 Å². The van der Waals surface area contributed by atoms with Gasteiger partial charge in [-0.25, -0.2) is 5.43 Å². The van der Waals surface area contributed by atoms with Crippen molar-refractivity contribution in [2.75, 3.05) is 12.4 Å². The van der Waals surface area contributed by atoms with E-state index in [1.54, 1.807) is 18.2 Å². The predicted molar refractivity (Wildman–Crippen MR) is 120 cm³/mol. The number of nitrogens with zero attached hydrogens (tertiary/aromatic N) is 1. The fourth-order valence-electron chi connectivity index (χ4n) is 2.80. The normalized spacial score (nSPS) is 11.2. The number of nitrogens with one attached hydrogen (secondary N) is 2. The van der Waals surface area contributed by atoms with Crippen LogP contribution < -0.4 is 20.2 Å². The average molecular weight is 471 g/mol. The highest BCUT2D eigenvalue weighted by molar-refractivity contribution is 6.39. The SMILES string of the molecule is COc1cc(/C=N\NC(=O)C(=O)Nc2cccc(C(F)(F)F)c2)ccc1OCc1ccccc1. The van der Waals surface area contributed by atoms with Crippen LogP contribution in [0.3, 0.4) is 0 Å². The van der Waals surface area contributed by atoms with Gasteiger partial charge in [-0.2, -0.15) is 18.3 Å². The zero-order valence-corrected chi connectivity index (χ0v) is 17.9. The molecular weight excluding hydrogens is 451 g/mol. The lowest BCUT2D eigenvalue weighted by atomic mass is 10.2. The number of hydrazone groups is 1. The highest BCUT2D eigenvalue weighted by Crippen LogP contribution is 2.31. The maximum atomic E-state index is 12.8. The van der Waals surface area contributed by atoms with Gasteiger partial charge in [0.2, 0.25) is 0 Å². The molecular formula is C24H20F3N3O4. The molecule has 0 spiro atoms. The van der Waals surface area contributed by atoms with Crippen LogP contribution in [-0.2, 0) is 22.4 Å². The Kier molecular flexibility index (Phi) is 7.86. The van der Waals surface area contributed by atoms with Crippen LogP contribution in [0, 0.1) is 0 Å². The van der Waals surface area contributed by atoms with Gasteiger partial charge in [-0.05, 0) is 47.5 Å².